The van der Waals surface area contributed by atoms with Crippen LogP contribution in [0.2, 0.25) is 0 Å². The van der Waals surface area contributed by atoms with E-state index in [2.05, 4.69) is 6.92 Å². The minimum atomic E-state index is 0.215. The first-order valence-electron chi connectivity index (χ1n) is 3.57. The molecule has 1 rings (SSSR count). The van der Waals surface area contributed by atoms with Crippen LogP contribution >= 0.6 is 11.8 Å². The van der Waals surface area contributed by atoms with Crippen molar-refractivity contribution >= 4 is 17.7 Å². The van der Waals surface area contributed by atoms with Gasteiger partial charge in [0.25, 0.3) is 0 Å². The third-order valence-corrected chi connectivity index (χ3v) is 2.82. The van der Waals surface area contributed by atoms with Crippen molar-refractivity contribution in [2.45, 2.75) is 19.1 Å². The van der Waals surface area contributed by atoms with Crippen molar-refractivity contribution in [2.75, 3.05) is 18.8 Å². The highest BCUT2D eigenvalue weighted by Gasteiger charge is 2.17. The first-order chi connectivity index (χ1) is 4.70. The van der Waals surface area contributed by atoms with Gasteiger partial charge in [0.15, 0.2) is 0 Å². The highest BCUT2D eigenvalue weighted by molar-refractivity contribution is 7.99. The van der Waals surface area contributed by atoms with Crippen molar-refractivity contribution in [1.82, 2.24) is 4.90 Å². The molecular weight excluding hydrogens is 146 g/mol. The van der Waals surface area contributed by atoms with E-state index in [4.69, 9.17) is 0 Å². The summed E-state index contributed by atoms with van der Waals surface area (Å²) in [5, 5.41) is 0.623. The quantitative estimate of drug-likeness (QED) is 0.525. The third kappa shape index (κ3) is 1.90. The van der Waals surface area contributed by atoms with Crippen LogP contribution in [0.1, 0.15) is 13.8 Å². The number of thioether (sulfide) groups is 1. The summed E-state index contributed by atoms with van der Waals surface area (Å²) in [4.78, 5) is 12.8. The number of carbonyl (C=O) groups is 1. The summed E-state index contributed by atoms with van der Waals surface area (Å²) >= 11 is 1.95. The Morgan fingerprint density at radius 1 is 1.70 bits per heavy atom. The summed E-state index contributed by atoms with van der Waals surface area (Å²) in [5.41, 5.74) is 0. The van der Waals surface area contributed by atoms with Crippen LogP contribution in [0.5, 0.6) is 0 Å². The molecule has 1 aliphatic rings. The van der Waals surface area contributed by atoms with Gasteiger partial charge in [-0.15, -0.1) is 0 Å². The second-order valence-electron chi connectivity index (χ2n) is 2.65. The number of hydrogen-bond donors (Lipinski definition) is 0. The Balaban J connectivity index is 2.39. The van der Waals surface area contributed by atoms with Crippen LogP contribution in [0, 0.1) is 0 Å². The molecule has 1 aliphatic heterocycles. The fourth-order valence-corrected chi connectivity index (χ4v) is 2.12. The van der Waals surface area contributed by atoms with E-state index in [-0.39, 0.29) is 5.91 Å². The van der Waals surface area contributed by atoms with Crippen LogP contribution < -0.4 is 0 Å². The molecule has 0 aliphatic carbocycles. The van der Waals surface area contributed by atoms with Gasteiger partial charge >= 0.3 is 0 Å². The van der Waals surface area contributed by atoms with Gasteiger partial charge in [-0.05, 0) is 0 Å². The summed E-state index contributed by atoms with van der Waals surface area (Å²) in [5.74, 6) is 1.31. The van der Waals surface area contributed by atoms with E-state index in [1.54, 1.807) is 6.92 Å². The third-order valence-electron chi connectivity index (χ3n) is 1.69. The lowest BCUT2D eigenvalue weighted by atomic mass is 10.4. The smallest absolute Gasteiger partial charge is 0.219 e. The van der Waals surface area contributed by atoms with Crippen LogP contribution in [0.4, 0.5) is 0 Å². The van der Waals surface area contributed by atoms with E-state index in [0.717, 1.165) is 18.8 Å². The fraction of sp³-hybridized carbons (Fsp3) is 0.857. The largest absolute Gasteiger partial charge is 0.341 e. The molecule has 1 fully saturated rings. The zero-order valence-electron chi connectivity index (χ0n) is 6.46. The molecule has 0 aromatic carbocycles. The summed E-state index contributed by atoms with van der Waals surface area (Å²) in [7, 11) is 0. The fourth-order valence-electron chi connectivity index (χ4n) is 1.10. The molecule has 10 heavy (non-hydrogen) atoms. The molecule has 1 atom stereocenters. The summed E-state index contributed by atoms with van der Waals surface area (Å²) in [6, 6.07) is 0. The van der Waals surface area contributed by atoms with E-state index >= 15 is 0 Å². The van der Waals surface area contributed by atoms with Gasteiger partial charge < -0.3 is 4.90 Å². The molecule has 0 aromatic rings. The maximum Gasteiger partial charge on any atom is 0.219 e. The Morgan fingerprint density at radius 2 is 2.40 bits per heavy atom. The van der Waals surface area contributed by atoms with E-state index < -0.39 is 0 Å². The van der Waals surface area contributed by atoms with Crippen LogP contribution in [0.25, 0.3) is 0 Å². The standard InChI is InChI=1S/C7H13NOS/c1-6-5-8(7(2)9)3-4-10-6/h6H,3-5H2,1-2H3. The highest BCUT2D eigenvalue weighted by atomic mass is 32.2. The first-order valence-corrected chi connectivity index (χ1v) is 4.62. The molecule has 0 N–H and O–H groups in total. The highest BCUT2D eigenvalue weighted by Crippen LogP contribution is 2.17. The van der Waals surface area contributed by atoms with Crippen LogP contribution in [-0.2, 0) is 4.79 Å². The molecule has 0 bridgehead atoms. The summed E-state index contributed by atoms with van der Waals surface area (Å²) in [6.45, 7) is 5.67. The molecule has 1 amide bonds. The summed E-state index contributed by atoms with van der Waals surface area (Å²) < 4.78 is 0. The number of hydrogen-bond acceptors (Lipinski definition) is 2. The monoisotopic (exact) mass is 159 g/mol. The Kier molecular flexibility index (Phi) is 2.60. The normalized spacial score (nSPS) is 26.6. The van der Waals surface area contributed by atoms with Crippen LogP contribution in [0.15, 0.2) is 0 Å². The minimum absolute atomic E-state index is 0.215. The van der Waals surface area contributed by atoms with Crippen molar-refractivity contribution in [3.05, 3.63) is 0 Å². The van der Waals surface area contributed by atoms with Crippen molar-refractivity contribution in [1.29, 1.82) is 0 Å². The Bertz CT molecular complexity index is 138. The Hall–Kier alpha value is -0.180. The average molecular weight is 159 g/mol. The van der Waals surface area contributed by atoms with Crippen molar-refractivity contribution < 1.29 is 4.79 Å². The van der Waals surface area contributed by atoms with Gasteiger partial charge in [0.2, 0.25) is 5.91 Å². The first kappa shape index (κ1) is 7.92. The molecule has 1 saturated heterocycles. The predicted molar refractivity (Wildman–Crippen MR) is 44.2 cm³/mol. The van der Waals surface area contributed by atoms with Gasteiger partial charge in [-0.25, -0.2) is 0 Å². The zero-order chi connectivity index (χ0) is 7.56. The van der Waals surface area contributed by atoms with Gasteiger partial charge in [-0.1, -0.05) is 6.92 Å². The SMILES string of the molecule is CC(=O)N1CCSC(C)C1. The van der Waals surface area contributed by atoms with Crippen LogP contribution in [-0.4, -0.2) is 34.9 Å². The number of rotatable bonds is 0. The van der Waals surface area contributed by atoms with E-state index in [1.165, 1.54) is 0 Å². The maximum atomic E-state index is 10.9. The van der Waals surface area contributed by atoms with E-state index in [9.17, 15) is 4.79 Å². The molecule has 0 spiro atoms. The second-order valence-corrected chi connectivity index (χ2v) is 4.19. The zero-order valence-corrected chi connectivity index (χ0v) is 7.28. The Morgan fingerprint density at radius 3 is 2.80 bits per heavy atom. The molecule has 2 nitrogen and oxygen atoms in total. The van der Waals surface area contributed by atoms with Crippen LogP contribution in [0.3, 0.4) is 0 Å². The number of nitrogens with zero attached hydrogens (tertiary/aromatic N) is 1. The average Bonchev–Trinajstić information content (AvgIpc) is 1.88. The van der Waals surface area contributed by atoms with Crippen molar-refractivity contribution in [2.24, 2.45) is 0 Å². The van der Waals surface area contributed by atoms with Gasteiger partial charge in [-0.3, -0.25) is 4.79 Å². The predicted octanol–water partition coefficient (Wildman–Crippen LogP) is 0.970. The topological polar surface area (TPSA) is 20.3 Å². The lowest BCUT2D eigenvalue weighted by molar-refractivity contribution is -0.128. The van der Waals surface area contributed by atoms with Gasteiger partial charge in [0, 0.05) is 31.0 Å². The van der Waals surface area contributed by atoms with E-state index in [0.29, 0.717) is 5.25 Å². The van der Waals surface area contributed by atoms with Gasteiger partial charge in [-0.2, -0.15) is 11.8 Å². The van der Waals surface area contributed by atoms with Gasteiger partial charge in [0.05, 0.1) is 0 Å². The maximum absolute atomic E-state index is 10.9. The molecule has 0 aromatic heterocycles. The second kappa shape index (κ2) is 3.28. The molecule has 0 radical (unpaired) electrons. The molecule has 1 unspecified atom stereocenters. The minimum Gasteiger partial charge on any atom is -0.341 e. The number of amides is 1. The lowest BCUT2D eigenvalue weighted by Gasteiger charge is -2.29. The molecule has 58 valence electrons. The lowest BCUT2D eigenvalue weighted by Crippen LogP contribution is -2.39. The number of carbonyl (C=O) groups excluding carboxylic acids is 1. The molecule has 0 saturated carbocycles. The Labute approximate surface area is 66.0 Å². The molecular formula is C7H13NOS. The summed E-state index contributed by atoms with van der Waals surface area (Å²) in [6.07, 6.45) is 0. The van der Waals surface area contributed by atoms with Crippen molar-refractivity contribution in [3.63, 3.8) is 0 Å². The van der Waals surface area contributed by atoms with Gasteiger partial charge in [0.1, 0.15) is 0 Å². The molecule has 1 heterocycles. The molecule has 3 heteroatoms. The van der Waals surface area contributed by atoms with E-state index in [1.807, 2.05) is 16.7 Å². The van der Waals surface area contributed by atoms with Crippen molar-refractivity contribution in [3.8, 4) is 0 Å².